The number of carbonyl (C=O) groups excluding carboxylic acids is 1. The van der Waals surface area contributed by atoms with Gasteiger partial charge in [-0.05, 0) is 43.7 Å². The molecule has 2 rings (SSSR count). The fourth-order valence-electron chi connectivity index (χ4n) is 1.96. The molecule has 0 saturated heterocycles. The fourth-order valence-corrected chi connectivity index (χ4v) is 3.03. The summed E-state index contributed by atoms with van der Waals surface area (Å²) in [4.78, 5) is 16.2. The van der Waals surface area contributed by atoms with Crippen LogP contribution in [0.3, 0.4) is 0 Å². The van der Waals surface area contributed by atoms with Crippen LogP contribution in [0, 0.1) is 31.0 Å². The Hall–Kier alpha value is -2.10. The predicted octanol–water partition coefficient (Wildman–Crippen LogP) is 4.09. The highest BCUT2D eigenvalue weighted by molar-refractivity contribution is 8.00. The molecule has 0 unspecified atom stereocenters. The van der Waals surface area contributed by atoms with Crippen molar-refractivity contribution in [1.29, 1.82) is 5.26 Å². The van der Waals surface area contributed by atoms with Crippen molar-refractivity contribution in [1.82, 2.24) is 4.98 Å². The molecule has 1 N–H and O–H groups in total. The summed E-state index contributed by atoms with van der Waals surface area (Å²) in [6.07, 6.45) is 0. The van der Waals surface area contributed by atoms with Crippen LogP contribution < -0.4 is 5.32 Å². The van der Waals surface area contributed by atoms with Crippen molar-refractivity contribution in [3.63, 3.8) is 0 Å². The number of halogens is 2. The van der Waals surface area contributed by atoms with Crippen molar-refractivity contribution in [3.05, 3.63) is 51.9 Å². The van der Waals surface area contributed by atoms with Gasteiger partial charge in [0.05, 0.1) is 17.0 Å². The molecule has 23 heavy (non-hydrogen) atoms. The summed E-state index contributed by atoms with van der Waals surface area (Å²) in [5, 5.41) is 12.5. The minimum absolute atomic E-state index is 0.0104. The summed E-state index contributed by atoms with van der Waals surface area (Å²) in [7, 11) is 0. The van der Waals surface area contributed by atoms with Crippen LogP contribution >= 0.6 is 23.4 Å². The van der Waals surface area contributed by atoms with Crippen molar-refractivity contribution in [2.75, 3.05) is 11.1 Å². The Morgan fingerprint density at radius 2 is 2.17 bits per heavy atom. The van der Waals surface area contributed by atoms with Gasteiger partial charge in [-0.15, -0.1) is 0 Å². The number of benzene rings is 1. The van der Waals surface area contributed by atoms with Crippen molar-refractivity contribution >= 4 is 35.0 Å². The van der Waals surface area contributed by atoms with Gasteiger partial charge in [0.15, 0.2) is 0 Å². The van der Waals surface area contributed by atoms with Crippen LogP contribution in [-0.4, -0.2) is 16.6 Å². The molecule has 0 radical (unpaired) electrons. The minimum Gasteiger partial charge on any atom is -0.323 e. The summed E-state index contributed by atoms with van der Waals surface area (Å²) in [6, 6.07) is 7.83. The Balaban J connectivity index is 2.08. The number of aryl methyl sites for hydroxylation is 2. The number of aromatic nitrogens is 1. The van der Waals surface area contributed by atoms with Gasteiger partial charge < -0.3 is 5.32 Å². The van der Waals surface area contributed by atoms with Gasteiger partial charge in [-0.25, -0.2) is 9.37 Å². The molecule has 0 bridgehead atoms. The Morgan fingerprint density at radius 1 is 1.43 bits per heavy atom. The number of carbonyl (C=O) groups is 1. The van der Waals surface area contributed by atoms with E-state index in [0.29, 0.717) is 15.6 Å². The number of nitrogens with one attached hydrogen (secondary N) is 1. The van der Waals surface area contributed by atoms with E-state index in [1.807, 2.05) is 19.9 Å². The summed E-state index contributed by atoms with van der Waals surface area (Å²) in [6.45, 7) is 3.64. The fraction of sp³-hybridized carbons (Fsp3) is 0.188. The van der Waals surface area contributed by atoms with Gasteiger partial charge in [0.25, 0.3) is 0 Å². The highest BCUT2D eigenvalue weighted by Crippen LogP contribution is 2.24. The second-order valence-corrected chi connectivity index (χ2v) is 6.23. The molecule has 0 atom stereocenters. The summed E-state index contributed by atoms with van der Waals surface area (Å²) in [5.74, 6) is -0.952. The van der Waals surface area contributed by atoms with Crippen molar-refractivity contribution in [2.45, 2.75) is 18.9 Å². The molecule has 118 valence electrons. The maximum absolute atomic E-state index is 13.6. The summed E-state index contributed by atoms with van der Waals surface area (Å²) < 4.78 is 13.6. The first-order valence-electron chi connectivity index (χ1n) is 6.66. The zero-order valence-corrected chi connectivity index (χ0v) is 14.1. The van der Waals surface area contributed by atoms with Gasteiger partial charge >= 0.3 is 0 Å². The van der Waals surface area contributed by atoms with Crippen LogP contribution in [0.5, 0.6) is 0 Å². The Bertz CT molecular complexity index is 805. The zero-order chi connectivity index (χ0) is 17.0. The molecule has 0 aliphatic rings. The van der Waals surface area contributed by atoms with Gasteiger partial charge in [0, 0.05) is 10.7 Å². The number of pyridine rings is 1. The lowest BCUT2D eigenvalue weighted by Crippen LogP contribution is -2.15. The molecule has 1 aromatic carbocycles. The number of anilines is 1. The number of thioether (sulfide) groups is 1. The molecule has 0 spiro atoms. The standard InChI is InChI=1S/C16H13ClFN3OS/c1-9-5-10(2)20-16(12(9)7-19)23-8-15(22)21-14-6-11(17)3-4-13(14)18/h3-6H,8H2,1-2H3,(H,21,22). The maximum atomic E-state index is 13.6. The average Bonchev–Trinajstić information content (AvgIpc) is 2.48. The molecule has 4 nitrogen and oxygen atoms in total. The third kappa shape index (κ3) is 4.44. The van der Waals surface area contributed by atoms with Crippen LogP contribution in [0.2, 0.25) is 5.02 Å². The maximum Gasteiger partial charge on any atom is 0.234 e. The first-order valence-corrected chi connectivity index (χ1v) is 8.03. The number of hydrogen-bond acceptors (Lipinski definition) is 4. The van der Waals surface area contributed by atoms with E-state index in [0.717, 1.165) is 23.0 Å². The first-order chi connectivity index (χ1) is 10.9. The Labute approximate surface area is 142 Å². The largest absolute Gasteiger partial charge is 0.323 e. The molecule has 2 aromatic rings. The van der Waals surface area contributed by atoms with Gasteiger partial charge in [-0.1, -0.05) is 23.4 Å². The highest BCUT2D eigenvalue weighted by Gasteiger charge is 2.13. The molecule has 0 aliphatic heterocycles. The van der Waals surface area contributed by atoms with E-state index >= 15 is 0 Å². The van der Waals surface area contributed by atoms with Crippen molar-refractivity contribution in [2.24, 2.45) is 0 Å². The lowest BCUT2D eigenvalue weighted by Gasteiger charge is -2.09. The topological polar surface area (TPSA) is 65.8 Å². The minimum atomic E-state index is -0.560. The van der Waals surface area contributed by atoms with Gasteiger partial charge in [-0.3, -0.25) is 4.79 Å². The molecule has 1 aromatic heterocycles. The molecule has 7 heteroatoms. The second-order valence-electron chi connectivity index (χ2n) is 4.83. The number of hydrogen-bond donors (Lipinski definition) is 1. The van der Waals surface area contributed by atoms with Crippen LogP contribution in [0.15, 0.2) is 29.3 Å². The number of rotatable bonds is 4. The SMILES string of the molecule is Cc1cc(C)c(C#N)c(SCC(=O)Nc2cc(Cl)ccc2F)n1. The van der Waals surface area contributed by atoms with Crippen LogP contribution in [0.4, 0.5) is 10.1 Å². The van der Waals surface area contributed by atoms with E-state index < -0.39 is 11.7 Å². The molecule has 1 heterocycles. The van der Waals surface area contributed by atoms with Gasteiger partial charge in [0.2, 0.25) is 5.91 Å². The predicted molar refractivity (Wildman–Crippen MR) is 89.2 cm³/mol. The van der Waals surface area contributed by atoms with Crippen LogP contribution in [0.1, 0.15) is 16.8 Å². The van der Waals surface area contributed by atoms with Gasteiger partial charge in [0.1, 0.15) is 16.9 Å². The highest BCUT2D eigenvalue weighted by atomic mass is 35.5. The molecular weight excluding hydrogens is 337 g/mol. The van der Waals surface area contributed by atoms with E-state index in [2.05, 4.69) is 16.4 Å². The van der Waals surface area contributed by atoms with Crippen LogP contribution in [0.25, 0.3) is 0 Å². The Morgan fingerprint density at radius 3 is 2.87 bits per heavy atom. The molecule has 1 amide bonds. The summed E-state index contributed by atoms with van der Waals surface area (Å²) >= 11 is 6.91. The third-order valence-corrected chi connectivity index (χ3v) is 4.18. The van der Waals surface area contributed by atoms with E-state index in [1.54, 1.807) is 0 Å². The third-order valence-electron chi connectivity index (χ3n) is 2.97. The molecule has 0 aliphatic carbocycles. The van der Waals surface area contributed by atoms with Crippen LogP contribution in [-0.2, 0) is 4.79 Å². The zero-order valence-electron chi connectivity index (χ0n) is 12.5. The summed E-state index contributed by atoms with van der Waals surface area (Å²) in [5.41, 5.74) is 2.05. The Kier molecular flexibility index (Phi) is 5.59. The molecular formula is C16H13ClFN3OS. The number of amides is 1. The van der Waals surface area contributed by atoms with E-state index in [4.69, 9.17) is 11.6 Å². The quantitative estimate of drug-likeness (QED) is 0.844. The normalized spacial score (nSPS) is 10.2. The smallest absolute Gasteiger partial charge is 0.234 e. The molecule has 0 fully saturated rings. The lowest BCUT2D eigenvalue weighted by molar-refractivity contribution is -0.113. The second kappa shape index (κ2) is 7.44. The van der Waals surface area contributed by atoms with E-state index in [1.165, 1.54) is 18.2 Å². The van der Waals surface area contributed by atoms with Crippen molar-refractivity contribution < 1.29 is 9.18 Å². The van der Waals surface area contributed by atoms with Crippen molar-refractivity contribution in [3.8, 4) is 6.07 Å². The van der Waals surface area contributed by atoms with Gasteiger partial charge in [-0.2, -0.15) is 5.26 Å². The number of nitriles is 1. The lowest BCUT2D eigenvalue weighted by atomic mass is 10.1. The molecule has 0 saturated carbocycles. The van der Waals surface area contributed by atoms with E-state index in [-0.39, 0.29) is 11.4 Å². The monoisotopic (exact) mass is 349 g/mol. The first kappa shape index (κ1) is 17.3. The number of nitrogens with zero attached hydrogens (tertiary/aromatic N) is 2. The van der Waals surface area contributed by atoms with E-state index in [9.17, 15) is 14.4 Å². The average molecular weight is 350 g/mol.